The standard InChI is InChI=1S/C10H21NO3S/c1-4-5-6-7-8-10(2,15(3)14)9(12)11-13/h13H,4-8H2,1-3H3,(H,11,12). The third kappa shape index (κ3) is 4.30. The molecule has 0 bridgehead atoms. The molecule has 0 radical (unpaired) electrons. The average Bonchev–Trinajstić information content (AvgIpc) is 2.22. The first kappa shape index (κ1) is 14.6. The molecule has 0 spiro atoms. The Labute approximate surface area is 93.9 Å². The highest BCUT2D eigenvalue weighted by Crippen LogP contribution is 2.21. The zero-order valence-electron chi connectivity index (χ0n) is 9.71. The number of hydroxylamine groups is 1. The maximum atomic E-state index is 11.5. The molecule has 0 aromatic carbocycles. The van der Waals surface area contributed by atoms with Crippen molar-refractivity contribution >= 4 is 16.7 Å². The number of carbonyl (C=O) groups excluding carboxylic acids is 1. The van der Waals surface area contributed by atoms with E-state index in [1.807, 2.05) is 0 Å². The van der Waals surface area contributed by atoms with E-state index >= 15 is 0 Å². The Hall–Kier alpha value is -0.420. The topological polar surface area (TPSA) is 66.4 Å². The van der Waals surface area contributed by atoms with Crippen LogP contribution in [0.1, 0.15) is 46.0 Å². The van der Waals surface area contributed by atoms with E-state index < -0.39 is 21.5 Å². The van der Waals surface area contributed by atoms with E-state index in [9.17, 15) is 9.00 Å². The predicted octanol–water partition coefficient (Wildman–Crippen LogP) is 1.60. The molecular weight excluding hydrogens is 214 g/mol. The first-order valence-corrected chi connectivity index (χ1v) is 6.83. The van der Waals surface area contributed by atoms with Crippen molar-refractivity contribution in [3.63, 3.8) is 0 Å². The lowest BCUT2D eigenvalue weighted by atomic mass is 10.0. The van der Waals surface area contributed by atoms with Gasteiger partial charge in [-0.2, -0.15) is 0 Å². The zero-order chi connectivity index (χ0) is 11.9. The van der Waals surface area contributed by atoms with Gasteiger partial charge in [0.25, 0.3) is 5.91 Å². The van der Waals surface area contributed by atoms with Gasteiger partial charge in [-0.15, -0.1) is 0 Å². The number of carbonyl (C=O) groups is 1. The van der Waals surface area contributed by atoms with Gasteiger partial charge in [0.2, 0.25) is 0 Å². The first-order chi connectivity index (χ1) is 6.99. The van der Waals surface area contributed by atoms with Gasteiger partial charge in [0.15, 0.2) is 0 Å². The average molecular weight is 235 g/mol. The molecule has 90 valence electrons. The van der Waals surface area contributed by atoms with Crippen LogP contribution in [-0.2, 0) is 15.6 Å². The molecule has 0 aromatic rings. The molecule has 0 heterocycles. The third-order valence-corrected chi connectivity index (χ3v) is 4.38. The summed E-state index contributed by atoms with van der Waals surface area (Å²) in [6.07, 6.45) is 6.17. The molecule has 0 rings (SSSR count). The highest BCUT2D eigenvalue weighted by atomic mass is 32.2. The summed E-state index contributed by atoms with van der Waals surface area (Å²) in [5, 5.41) is 8.59. The van der Waals surface area contributed by atoms with Gasteiger partial charge in [0.05, 0.1) is 0 Å². The van der Waals surface area contributed by atoms with Crippen LogP contribution in [0.15, 0.2) is 0 Å². The minimum absolute atomic E-state index is 0.544. The normalized spacial score (nSPS) is 16.8. The van der Waals surface area contributed by atoms with Crippen LogP contribution in [0.3, 0.4) is 0 Å². The number of hydrogen-bond acceptors (Lipinski definition) is 3. The quantitative estimate of drug-likeness (QED) is 0.400. The number of hydrogen-bond donors (Lipinski definition) is 2. The van der Waals surface area contributed by atoms with Gasteiger partial charge in [0, 0.05) is 17.1 Å². The summed E-state index contributed by atoms with van der Waals surface area (Å²) in [5.74, 6) is -0.556. The van der Waals surface area contributed by atoms with E-state index in [4.69, 9.17) is 5.21 Å². The summed E-state index contributed by atoms with van der Waals surface area (Å²) in [6, 6.07) is 0. The molecular formula is C10H21NO3S. The Morgan fingerprint density at radius 1 is 1.40 bits per heavy atom. The maximum absolute atomic E-state index is 11.5. The fourth-order valence-electron chi connectivity index (χ4n) is 1.40. The lowest BCUT2D eigenvalue weighted by Crippen LogP contribution is -2.46. The van der Waals surface area contributed by atoms with Crippen molar-refractivity contribution in [2.24, 2.45) is 0 Å². The van der Waals surface area contributed by atoms with Gasteiger partial charge in [-0.25, -0.2) is 5.48 Å². The molecule has 0 aliphatic rings. The van der Waals surface area contributed by atoms with Crippen LogP contribution < -0.4 is 5.48 Å². The van der Waals surface area contributed by atoms with E-state index in [2.05, 4.69) is 6.92 Å². The lowest BCUT2D eigenvalue weighted by Gasteiger charge is -2.24. The van der Waals surface area contributed by atoms with Gasteiger partial charge in [-0.3, -0.25) is 14.2 Å². The van der Waals surface area contributed by atoms with E-state index in [1.54, 1.807) is 12.4 Å². The summed E-state index contributed by atoms with van der Waals surface area (Å²) >= 11 is 0. The predicted molar refractivity (Wildman–Crippen MR) is 61.2 cm³/mol. The van der Waals surface area contributed by atoms with E-state index in [0.29, 0.717) is 6.42 Å². The maximum Gasteiger partial charge on any atom is 0.261 e. The Morgan fingerprint density at radius 3 is 2.40 bits per heavy atom. The second-order valence-corrected chi connectivity index (χ2v) is 5.75. The highest BCUT2D eigenvalue weighted by molar-refractivity contribution is 7.86. The summed E-state index contributed by atoms with van der Waals surface area (Å²) in [6.45, 7) is 3.73. The van der Waals surface area contributed by atoms with Crippen LogP contribution >= 0.6 is 0 Å². The monoisotopic (exact) mass is 235 g/mol. The largest absolute Gasteiger partial charge is 0.289 e. The summed E-state index contributed by atoms with van der Waals surface area (Å²) in [5.41, 5.74) is 1.60. The highest BCUT2D eigenvalue weighted by Gasteiger charge is 2.36. The van der Waals surface area contributed by atoms with Gasteiger partial charge in [-0.05, 0) is 13.3 Å². The second-order valence-electron chi connectivity index (χ2n) is 3.94. The van der Waals surface area contributed by atoms with Crippen LogP contribution in [0.4, 0.5) is 0 Å². The molecule has 15 heavy (non-hydrogen) atoms. The number of amides is 1. The summed E-state index contributed by atoms with van der Waals surface area (Å²) in [7, 11) is -1.28. The van der Waals surface area contributed by atoms with Crippen molar-refractivity contribution in [2.75, 3.05) is 6.26 Å². The molecule has 0 aliphatic carbocycles. The number of unbranched alkanes of at least 4 members (excludes halogenated alkanes) is 3. The molecule has 4 nitrogen and oxygen atoms in total. The molecule has 2 N–H and O–H groups in total. The van der Waals surface area contributed by atoms with Crippen LogP contribution in [0.5, 0.6) is 0 Å². The van der Waals surface area contributed by atoms with Crippen molar-refractivity contribution in [1.29, 1.82) is 0 Å². The van der Waals surface area contributed by atoms with E-state index in [-0.39, 0.29) is 0 Å². The van der Waals surface area contributed by atoms with Gasteiger partial charge in [0.1, 0.15) is 4.75 Å². The Balaban J connectivity index is 4.27. The smallest absolute Gasteiger partial charge is 0.261 e. The zero-order valence-corrected chi connectivity index (χ0v) is 10.5. The minimum Gasteiger partial charge on any atom is -0.289 e. The Morgan fingerprint density at radius 2 is 2.00 bits per heavy atom. The Bertz CT molecular complexity index is 233. The molecule has 0 saturated carbocycles. The van der Waals surface area contributed by atoms with Gasteiger partial charge >= 0.3 is 0 Å². The van der Waals surface area contributed by atoms with Gasteiger partial charge < -0.3 is 0 Å². The molecule has 1 amide bonds. The molecule has 0 aliphatic heterocycles. The fourth-order valence-corrected chi connectivity index (χ4v) is 2.13. The fraction of sp³-hybridized carbons (Fsp3) is 0.900. The van der Waals surface area contributed by atoms with Crippen molar-refractivity contribution in [3.05, 3.63) is 0 Å². The van der Waals surface area contributed by atoms with E-state index in [0.717, 1.165) is 25.7 Å². The van der Waals surface area contributed by atoms with Crippen molar-refractivity contribution in [3.8, 4) is 0 Å². The third-order valence-electron chi connectivity index (χ3n) is 2.72. The lowest BCUT2D eigenvalue weighted by molar-refractivity contribution is -0.131. The summed E-state index contributed by atoms with van der Waals surface area (Å²) in [4.78, 5) is 11.4. The molecule has 5 heteroatoms. The number of rotatable bonds is 7. The molecule has 0 aromatic heterocycles. The minimum atomic E-state index is -1.28. The van der Waals surface area contributed by atoms with Crippen LogP contribution in [0.25, 0.3) is 0 Å². The number of nitrogens with one attached hydrogen (secondary N) is 1. The molecule has 0 fully saturated rings. The van der Waals surface area contributed by atoms with Gasteiger partial charge in [-0.1, -0.05) is 32.6 Å². The second kappa shape index (κ2) is 6.95. The molecule has 0 saturated heterocycles. The van der Waals surface area contributed by atoms with Crippen LogP contribution in [0, 0.1) is 0 Å². The van der Waals surface area contributed by atoms with Crippen LogP contribution in [-0.4, -0.2) is 26.3 Å². The molecule has 2 unspecified atom stereocenters. The SMILES string of the molecule is CCCCCCC(C)(C(=O)NO)S(C)=O. The Kier molecular flexibility index (Phi) is 6.76. The van der Waals surface area contributed by atoms with Crippen LogP contribution in [0.2, 0.25) is 0 Å². The summed E-state index contributed by atoms with van der Waals surface area (Å²) < 4.78 is 10.5. The van der Waals surface area contributed by atoms with Crippen molar-refractivity contribution in [2.45, 2.75) is 50.7 Å². The molecule has 2 atom stereocenters. The van der Waals surface area contributed by atoms with Crippen molar-refractivity contribution < 1.29 is 14.2 Å². The van der Waals surface area contributed by atoms with E-state index in [1.165, 1.54) is 6.26 Å². The van der Waals surface area contributed by atoms with Crippen molar-refractivity contribution in [1.82, 2.24) is 5.48 Å². The first-order valence-electron chi connectivity index (χ1n) is 5.27.